The molecule has 0 spiro atoms. The van der Waals surface area contributed by atoms with Crippen molar-refractivity contribution in [3.63, 3.8) is 0 Å². The lowest BCUT2D eigenvalue weighted by molar-refractivity contribution is 0.102. The van der Waals surface area contributed by atoms with Gasteiger partial charge < -0.3 is 10.2 Å². The molecule has 2 aromatic rings. The predicted octanol–water partition coefficient (Wildman–Crippen LogP) is 3.27. The zero-order chi connectivity index (χ0) is 16.1. The standard InChI is InChI=1S/C17H22N4O/c1-5-21(12(2)3)15-8-6-14(7-9-15)20-17(22)16-11-18-13(4)10-19-16/h6-12H,5H2,1-4H3,(H,20,22). The molecule has 0 aliphatic carbocycles. The number of nitrogens with zero attached hydrogens (tertiary/aromatic N) is 3. The lowest BCUT2D eigenvalue weighted by Gasteiger charge is -2.27. The number of nitrogens with one attached hydrogen (secondary N) is 1. The van der Waals surface area contributed by atoms with Crippen molar-refractivity contribution in [2.45, 2.75) is 33.7 Å². The van der Waals surface area contributed by atoms with E-state index in [2.05, 4.69) is 41.0 Å². The van der Waals surface area contributed by atoms with E-state index in [1.54, 1.807) is 6.20 Å². The van der Waals surface area contributed by atoms with Crippen molar-refractivity contribution in [2.24, 2.45) is 0 Å². The second-order valence-electron chi connectivity index (χ2n) is 5.42. The van der Waals surface area contributed by atoms with Crippen molar-refractivity contribution in [3.8, 4) is 0 Å². The van der Waals surface area contributed by atoms with Gasteiger partial charge in [0.05, 0.1) is 11.9 Å². The Morgan fingerprint density at radius 2 is 1.86 bits per heavy atom. The average molecular weight is 298 g/mol. The molecule has 2 rings (SSSR count). The number of amides is 1. The third kappa shape index (κ3) is 3.81. The van der Waals surface area contributed by atoms with Gasteiger partial charge in [0, 0.05) is 30.2 Å². The molecule has 5 nitrogen and oxygen atoms in total. The van der Waals surface area contributed by atoms with Gasteiger partial charge in [0.15, 0.2) is 0 Å². The Hall–Kier alpha value is -2.43. The van der Waals surface area contributed by atoms with E-state index >= 15 is 0 Å². The first-order chi connectivity index (χ1) is 10.5. The molecule has 0 aliphatic heterocycles. The summed E-state index contributed by atoms with van der Waals surface area (Å²) in [5.74, 6) is -0.253. The summed E-state index contributed by atoms with van der Waals surface area (Å²) in [7, 11) is 0. The van der Waals surface area contributed by atoms with E-state index in [0.717, 1.165) is 23.6 Å². The van der Waals surface area contributed by atoms with Crippen LogP contribution in [0.3, 0.4) is 0 Å². The highest BCUT2D eigenvalue weighted by Gasteiger charge is 2.10. The molecular weight excluding hydrogens is 276 g/mol. The fourth-order valence-corrected chi connectivity index (χ4v) is 2.29. The SMILES string of the molecule is CCN(c1ccc(NC(=O)c2cnc(C)cn2)cc1)C(C)C. The molecule has 5 heteroatoms. The third-order valence-electron chi connectivity index (χ3n) is 3.43. The second kappa shape index (κ2) is 7.02. The number of anilines is 2. The lowest BCUT2D eigenvalue weighted by Crippen LogP contribution is -2.30. The molecule has 1 N–H and O–H groups in total. The van der Waals surface area contributed by atoms with Gasteiger partial charge in [0.25, 0.3) is 5.91 Å². The molecule has 0 unspecified atom stereocenters. The molecule has 0 saturated heterocycles. The number of carbonyl (C=O) groups excluding carboxylic acids is 1. The predicted molar refractivity (Wildman–Crippen MR) is 89.3 cm³/mol. The Labute approximate surface area is 131 Å². The molecule has 1 aromatic heterocycles. The highest BCUT2D eigenvalue weighted by molar-refractivity contribution is 6.02. The monoisotopic (exact) mass is 298 g/mol. The molecule has 1 aromatic carbocycles. The summed E-state index contributed by atoms with van der Waals surface area (Å²) in [5, 5.41) is 2.83. The van der Waals surface area contributed by atoms with E-state index < -0.39 is 0 Å². The third-order valence-corrected chi connectivity index (χ3v) is 3.43. The van der Waals surface area contributed by atoms with E-state index in [1.165, 1.54) is 6.20 Å². The Balaban J connectivity index is 2.08. The van der Waals surface area contributed by atoms with Crippen LogP contribution >= 0.6 is 0 Å². The van der Waals surface area contributed by atoms with E-state index in [9.17, 15) is 4.79 Å². The van der Waals surface area contributed by atoms with Crippen molar-refractivity contribution in [1.29, 1.82) is 0 Å². The Morgan fingerprint density at radius 3 is 2.36 bits per heavy atom. The summed E-state index contributed by atoms with van der Waals surface area (Å²) in [6, 6.07) is 8.27. The van der Waals surface area contributed by atoms with Gasteiger partial charge in [-0.3, -0.25) is 9.78 Å². The van der Waals surface area contributed by atoms with Gasteiger partial charge in [-0.05, 0) is 52.0 Å². The minimum absolute atomic E-state index is 0.253. The molecule has 0 bridgehead atoms. The maximum atomic E-state index is 12.1. The van der Waals surface area contributed by atoms with Gasteiger partial charge in [-0.15, -0.1) is 0 Å². The zero-order valence-corrected chi connectivity index (χ0v) is 13.5. The molecule has 0 aliphatic rings. The Bertz CT molecular complexity index is 620. The van der Waals surface area contributed by atoms with Gasteiger partial charge in [0.2, 0.25) is 0 Å². The number of aromatic nitrogens is 2. The maximum Gasteiger partial charge on any atom is 0.275 e. The van der Waals surface area contributed by atoms with E-state index in [4.69, 9.17) is 0 Å². The normalized spacial score (nSPS) is 10.6. The van der Waals surface area contributed by atoms with Crippen LogP contribution in [0.5, 0.6) is 0 Å². The number of hydrogen-bond acceptors (Lipinski definition) is 4. The summed E-state index contributed by atoms with van der Waals surface area (Å²) >= 11 is 0. The van der Waals surface area contributed by atoms with Crippen LogP contribution in [0.15, 0.2) is 36.7 Å². The van der Waals surface area contributed by atoms with Crippen LogP contribution in [0.25, 0.3) is 0 Å². The molecule has 22 heavy (non-hydrogen) atoms. The molecule has 0 fully saturated rings. The van der Waals surface area contributed by atoms with Gasteiger partial charge in [-0.25, -0.2) is 4.98 Å². The van der Waals surface area contributed by atoms with Crippen LogP contribution in [-0.2, 0) is 0 Å². The van der Waals surface area contributed by atoms with Crippen LogP contribution in [-0.4, -0.2) is 28.5 Å². The van der Waals surface area contributed by atoms with Crippen LogP contribution in [0.1, 0.15) is 37.0 Å². The first-order valence-corrected chi connectivity index (χ1v) is 7.48. The fraction of sp³-hybridized carbons (Fsp3) is 0.353. The molecule has 0 saturated carbocycles. The molecule has 0 atom stereocenters. The number of carbonyl (C=O) groups is 1. The van der Waals surface area contributed by atoms with Crippen molar-refractivity contribution >= 4 is 17.3 Å². The van der Waals surface area contributed by atoms with E-state index in [-0.39, 0.29) is 5.91 Å². The summed E-state index contributed by atoms with van der Waals surface area (Å²) in [4.78, 5) is 22.5. The highest BCUT2D eigenvalue weighted by atomic mass is 16.1. The first-order valence-electron chi connectivity index (χ1n) is 7.48. The van der Waals surface area contributed by atoms with Crippen molar-refractivity contribution in [3.05, 3.63) is 48.0 Å². The topological polar surface area (TPSA) is 58.1 Å². The number of rotatable bonds is 5. The first kappa shape index (κ1) is 15.9. The van der Waals surface area contributed by atoms with Gasteiger partial charge >= 0.3 is 0 Å². The smallest absolute Gasteiger partial charge is 0.275 e. The quantitative estimate of drug-likeness (QED) is 0.920. The van der Waals surface area contributed by atoms with E-state index in [1.807, 2.05) is 31.2 Å². The van der Waals surface area contributed by atoms with E-state index in [0.29, 0.717) is 11.7 Å². The Kier molecular flexibility index (Phi) is 5.09. The van der Waals surface area contributed by atoms with Gasteiger partial charge in [-0.1, -0.05) is 0 Å². The summed E-state index contributed by atoms with van der Waals surface area (Å²) < 4.78 is 0. The van der Waals surface area contributed by atoms with Crippen molar-refractivity contribution in [2.75, 3.05) is 16.8 Å². The minimum Gasteiger partial charge on any atom is -0.369 e. The molecule has 1 heterocycles. The zero-order valence-electron chi connectivity index (χ0n) is 13.5. The second-order valence-corrected chi connectivity index (χ2v) is 5.42. The van der Waals surface area contributed by atoms with Crippen LogP contribution < -0.4 is 10.2 Å². The number of hydrogen-bond donors (Lipinski definition) is 1. The summed E-state index contributed by atoms with van der Waals surface area (Å²) in [6.45, 7) is 9.24. The van der Waals surface area contributed by atoms with Crippen molar-refractivity contribution < 1.29 is 4.79 Å². The molecule has 116 valence electrons. The van der Waals surface area contributed by atoms with Crippen LogP contribution in [0.4, 0.5) is 11.4 Å². The Morgan fingerprint density at radius 1 is 1.18 bits per heavy atom. The van der Waals surface area contributed by atoms with Gasteiger partial charge in [-0.2, -0.15) is 0 Å². The van der Waals surface area contributed by atoms with Crippen molar-refractivity contribution in [1.82, 2.24) is 9.97 Å². The average Bonchev–Trinajstić information content (AvgIpc) is 2.50. The van der Waals surface area contributed by atoms with Crippen LogP contribution in [0.2, 0.25) is 0 Å². The molecule has 0 radical (unpaired) electrons. The largest absolute Gasteiger partial charge is 0.369 e. The van der Waals surface area contributed by atoms with Gasteiger partial charge in [0.1, 0.15) is 5.69 Å². The number of benzene rings is 1. The summed E-state index contributed by atoms with van der Waals surface area (Å²) in [5.41, 5.74) is 2.99. The van der Waals surface area contributed by atoms with Crippen LogP contribution in [0, 0.1) is 6.92 Å². The lowest BCUT2D eigenvalue weighted by atomic mass is 10.2. The summed E-state index contributed by atoms with van der Waals surface area (Å²) in [6.07, 6.45) is 3.07. The highest BCUT2D eigenvalue weighted by Crippen LogP contribution is 2.20. The molecular formula is C17H22N4O. The maximum absolute atomic E-state index is 12.1. The fourth-order valence-electron chi connectivity index (χ4n) is 2.29. The minimum atomic E-state index is -0.253. The molecule has 1 amide bonds. The number of aryl methyl sites for hydroxylation is 1.